The van der Waals surface area contributed by atoms with Crippen molar-refractivity contribution >= 4 is 32.7 Å². The lowest BCUT2D eigenvalue weighted by Crippen LogP contribution is -2.38. The fraction of sp³-hybridized carbons (Fsp3) is 0.361. The molecule has 11 nitrogen and oxygen atoms in total. The molecule has 1 amide bonds. The lowest BCUT2D eigenvalue weighted by molar-refractivity contribution is -0.124. The Bertz CT molecular complexity index is 2080. The quantitative estimate of drug-likeness (QED) is 0.202. The van der Waals surface area contributed by atoms with Crippen LogP contribution in [-0.4, -0.2) is 56.2 Å². The Balaban J connectivity index is 1.46. The highest BCUT2D eigenvalue weighted by Gasteiger charge is 2.41. The van der Waals surface area contributed by atoms with Crippen molar-refractivity contribution in [1.82, 2.24) is 29.3 Å². The summed E-state index contributed by atoms with van der Waals surface area (Å²) in [6, 6.07) is 16.9. The number of nitrogens with zero attached hydrogens (tertiary/aromatic N) is 6. The molecule has 1 aliphatic heterocycles. The smallest absolute Gasteiger partial charge is 0.247 e. The summed E-state index contributed by atoms with van der Waals surface area (Å²) in [5.41, 5.74) is 5.73. The second-order valence-corrected chi connectivity index (χ2v) is 14.8. The van der Waals surface area contributed by atoms with Crippen LogP contribution in [0, 0.1) is 19.3 Å². The minimum atomic E-state index is -3.86. The van der Waals surface area contributed by atoms with E-state index in [0.717, 1.165) is 38.9 Å². The SMILES string of the molecule is CC[C@@H]1CN(Cc2cc(C(c3ccc4c(nnn4CC)c3C)C(C)(C)C(=O)Nc3cncnc3)ccc2C)S(=O)(=O)c2ccccc2O1. The number of sulfonamides is 1. The summed E-state index contributed by atoms with van der Waals surface area (Å²) in [6.07, 6.45) is 4.90. The molecule has 0 radical (unpaired) electrons. The number of rotatable bonds is 9. The number of carbonyl (C=O) groups excluding carboxylic acids is 1. The number of carbonyl (C=O) groups is 1. The maximum Gasteiger partial charge on any atom is 0.247 e. The van der Waals surface area contributed by atoms with Crippen molar-refractivity contribution in [3.8, 4) is 5.75 Å². The molecule has 250 valence electrons. The van der Waals surface area contributed by atoms with Crippen LogP contribution in [0.5, 0.6) is 5.75 Å². The summed E-state index contributed by atoms with van der Waals surface area (Å²) >= 11 is 0. The topological polar surface area (TPSA) is 132 Å². The zero-order valence-electron chi connectivity index (χ0n) is 28.1. The molecule has 0 spiro atoms. The van der Waals surface area contributed by atoms with Crippen LogP contribution in [0.1, 0.15) is 67.9 Å². The van der Waals surface area contributed by atoms with Crippen LogP contribution in [0.3, 0.4) is 0 Å². The number of anilines is 1. The third-order valence-corrected chi connectivity index (χ3v) is 11.2. The summed E-state index contributed by atoms with van der Waals surface area (Å²) in [4.78, 5) is 22.4. The predicted octanol–water partition coefficient (Wildman–Crippen LogP) is 6.02. The van der Waals surface area contributed by atoms with Gasteiger partial charge in [0.15, 0.2) is 0 Å². The Morgan fingerprint density at radius 2 is 1.81 bits per heavy atom. The van der Waals surface area contributed by atoms with E-state index in [9.17, 15) is 13.2 Å². The summed E-state index contributed by atoms with van der Waals surface area (Å²) < 4.78 is 37.6. The van der Waals surface area contributed by atoms with Crippen molar-refractivity contribution in [2.24, 2.45) is 5.41 Å². The van der Waals surface area contributed by atoms with Gasteiger partial charge in [-0.25, -0.2) is 23.1 Å². The van der Waals surface area contributed by atoms with Gasteiger partial charge in [-0.1, -0.05) is 62.4 Å². The fourth-order valence-corrected chi connectivity index (χ4v) is 8.11. The molecule has 0 saturated heterocycles. The van der Waals surface area contributed by atoms with E-state index in [0.29, 0.717) is 24.4 Å². The number of fused-ring (bicyclic) bond motifs is 2. The molecule has 3 aromatic carbocycles. The van der Waals surface area contributed by atoms with Gasteiger partial charge >= 0.3 is 0 Å². The van der Waals surface area contributed by atoms with E-state index in [2.05, 4.69) is 31.7 Å². The minimum Gasteiger partial charge on any atom is -0.488 e. The van der Waals surface area contributed by atoms with Crippen LogP contribution in [0.4, 0.5) is 5.69 Å². The number of aryl methyl sites for hydroxylation is 3. The van der Waals surface area contributed by atoms with E-state index in [-0.39, 0.29) is 30.0 Å². The van der Waals surface area contributed by atoms with Crippen molar-refractivity contribution in [1.29, 1.82) is 0 Å². The van der Waals surface area contributed by atoms with Crippen LogP contribution in [0.25, 0.3) is 11.0 Å². The molecular formula is C36H41N7O4S. The highest BCUT2D eigenvalue weighted by molar-refractivity contribution is 7.89. The largest absolute Gasteiger partial charge is 0.488 e. The van der Waals surface area contributed by atoms with E-state index in [1.807, 2.05) is 70.5 Å². The van der Waals surface area contributed by atoms with Gasteiger partial charge in [0.05, 0.1) is 35.6 Å². The first-order valence-electron chi connectivity index (χ1n) is 16.2. The summed E-state index contributed by atoms with van der Waals surface area (Å²) in [6.45, 7) is 12.9. The van der Waals surface area contributed by atoms with Gasteiger partial charge < -0.3 is 10.1 Å². The Morgan fingerprint density at radius 3 is 2.54 bits per heavy atom. The van der Waals surface area contributed by atoms with E-state index < -0.39 is 21.4 Å². The molecule has 0 aliphatic carbocycles. The Labute approximate surface area is 281 Å². The molecule has 0 fully saturated rings. The number of para-hydroxylation sites is 1. The van der Waals surface area contributed by atoms with E-state index in [1.165, 1.54) is 10.6 Å². The standard InChI is InChI=1S/C36H41N7O4S/c1-7-28-21-42(48(45,46)32-12-10-9-11-31(32)47-28)20-26-17-25(14-13-23(26)3)33(36(5,6)35(44)39-27-18-37-22-38-19-27)29-15-16-30-34(24(29)4)40-41-43(30)8-2/h9-19,22,28,33H,7-8,20-21H2,1-6H3,(H,39,44)/t28-,33?/m1/s1. The molecule has 5 aromatic rings. The van der Waals surface area contributed by atoms with E-state index >= 15 is 0 Å². The van der Waals surface area contributed by atoms with Gasteiger partial charge in [0.1, 0.15) is 28.6 Å². The molecular weight excluding hydrogens is 627 g/mol. The van der Waals surface area contributed by atoms with E-state index in [4.69, 9.17) is 4.74 Å². The van der Waals surface area contributed by atoms with Crippen LogP contribution in [0.2, 0.25) is 0 Å². The van der Waals surface area contributed by atoms with Crippen LogP contribution in [0.15, 0.2) is 78.2 Å². The monoisotopic (exact) mass is 667 g/mol. The average Bonchev–Trinajstić information content (AvgIpc) is 3.46. The van der Waals surface area contributed by atoms with Crippen LogP contribution in [-0.2, 0) is 27.9 Å². The number of amides is 1. The Hall–Kier alpha value is -4.68. The van der Waals surface area contributed by atoms with Gasteiger partial charge in [0.25, 0.3) is 0 Å². The van der Waals surface area contributed by atoms with Crippen molar-refractivity contribution in [2.75, 3.05) is 11.9 Å². The first-order chi connectivity index (χ1) is 22.9. The van der Waals surface area contributed by atoms with Gasteiger partial charge in [-0.2, -0.15) is 4.31 Å². The number of nitrogens with one attached hydrogen (secondary N) is 1. The molecule has 0 saturated carbocycles. The highest BCUT2D eigenvalue weighted by Crippen LogP contribution is 2.45. The Kier molecular flexibility index (Phi) is 9.06. The van der Waals surface area contributed by atoms with Crippen LogP contribution >= 0.6 is 0 Å². The molecule has 2 atom stereocenters. The number of ether oxygens (including phenoxy) is 1. The van der Waals surface area contributed by atoms with Gasteiger partial charge in [0.2, 0.25) is 15.9 Å². The van der Waals surface area contributed by atoms with Crippen LogP contribution < -0.4 is 10.1 Å². The van der Waals surface area contributed by atoms with Gasteiger partial charge in [-0.15, -0.1) is 5.10 Å². The number of aromatic nitrogens is 5. The van der Waals surface area contributed by atoms with Gasteiger partial charge in [0, 0.05) is 19.0 Å². The summed E-state index contributed by atoms with van der Waals surface area (Å²) in [5, 5.41) is 11.8. The lowest BCUT2D eigenvalue weighted by atomic mass is 9.69. The fourth-order valence-electron chi connectivity index (χ4n) is 6.54. The van der Waals surface area contributed by atoms with Crippen molar-refractivity contribution in [3.05, 3.63) is 101 Å². The molecule has 0 bridgehead atoms. The molecule has 1 N–H and O–H groups in total. The minimum absolute atomic E-state index is 0.153. The number of hydrogen-bond donors (Lipinski definition) is 1. The highest BCUT2D eigenvalue weighted by atomic mass is 32.2. The van der Waals surface area contributed by atoms with Gasteiger partial charge in [-0.3, -0.25) is 4.79 Å². The second kappa shape index (κ2) is 13.1. The molecule has 6 rings (SSSR count). The van der Waals surface area contributed by atoms with Crippen molar-refractivity contribution in [2.45, 2.75) is 78.0 Å². The third kappa shape index (κ3) is 6.06. The molecule has 1 unspecified atom stereocenters. The molecule has 2 aromatic heterocycles. The summed E-state index contributed by atoms with van der Waals surface area (Å²) in [7, 11) is -3.86. The second-order valence-electron chi connectivity index (χ2n) is 12.9. The average molecular weight is 668 g/mol. The normalized spacial score (nSPS) is 16.9. The van der Waals surface area contributed by atoms with Gasteiger partial charge in [-0.05, 0) is 73.2 Å². The number of hydrogen-bond acceptors (Lipinski definition) is 8. The molecule has 1 aliphatic rings. The lowest BCUT2D eigenvalue weighted by Gasteiger charge is -2.35. The molecule has 48 heavy (non-hydrogen) atoms. The molecule has 12 heteroatoms. The zero-order valence-corrected chi connectivity index (χ0v) is 29.0. The summed E-state index contributed by atoms with van der Waals surface area (Å²) in [5.74, 6) is -0.276. The van der Waals surface area contributed by atoms with E-state index in [1.54, 1.807) is 36.7 Å². The predicted molar refractivity (Wildman–Crippen MR) is 184 cm³/mol. The number of benzene rings is 3. The molecule has 3 heterocycles. The Morgan fingerprint density at radius 1 is 1.06 bits per heavy atom. The maximum absolute atomic E-state index is 14.1. The third-order valence-electron chi connectivity index (χ3n) is 9.39. The first-order valence-corrected chi connectivity index (χ1v) is 17.6. The van der Waals surface area contributed by atoms with Crippen molar-refractivity contribution in [3.63, 3.8) is 0 Å². The maximum atomic E-state index is 14.1. The van der Waals surface area contributed by atoms with Crippen molar-refractivity contribution < 1.29 is 17.9 Å². The zero-order chi connectivity index (χ0) is 34.2. The first kappa shape index (κ1) is 33.2.